The van der Waals surface area contributed by atoms with Gasteiger partial charge in [0.2, 0.25) is 8.92 Å². The SMILES string of the molecule is CCC(F)(Cl)C(Cl)(Cl)Cl. The van der Waals surface area contributed by atoms with E-state index in [1.165, 1.54) is 6.92 Å². The van der Waals surface area contributed by atoms with Crippen molar-refractivity contribution in [1.82, 2.24) is 0 Å². The van der Waals surface area contributed by atoms with Gasteiger partial charge in [-0.3, -0.25) is 0 Å². The lowest BCUT2D eigenvalue weighted by molar-refractivity contribution is 0.274. The van der Waals surface area contributed by atoms with Crippen LogP contribution >= 0.6 is 46.4 Å². The Kier molecular flexibility index (Phi) is 3.36. The van der Waals surface area contributed by atoms with Gasteiger partial charge in [0.25, 0.3) is 0 Å². The molecule has 9 heavy (non-hydrogen) atoms. The lowest BCUT2D eigenvalue weighted by Crippen LogP contribution is -2.30. The molecule has 0 bridgehead atoms. The van der Waals surface area contributed by atoms with Crippen LogP contribution in [0.5, 0.6) is 0 Å². The second-order valence-electron chi connectivity index (χ2n) is 1.56. The molecule has 0 aliphatic carbocycles. The fourth-order valence-electron chi connectivity index (χ4n) is 0.200. The molecule has 0 saturated heterocycles. The van der Waals surface area contributed by atoms with Gasteiger partial charge in [-0.25, -0.2) is 4.39 Å². The summed E-state index contributed by atoms with van der Waals surface area (Å²) < 4.78 is 10.7. The Morgan fingerprint density at radius 1 is 1.22 bits per heavy atom. The summed E-state index contributed by atoms with van der Waals surface area (Å²) in [5, 5.41) is -2.25. The molecule has 0 fully saturated rings. The number of alkyl halides is 5. The standard InChI is InChI=1S/C4H5Cl4F/c1-2-3(5,9)4(6,7)8/h2H2,1H3. The Bertz CT molecular complexity index is 95.2. The van der Waals surface area contributed by atoms with Crippen LogP contribution in [0.15, 0.2) is 0 Å². The van der Waals surface area contributed by atoms with Crippen molar-refractivity contribution < 1.29 is 4.39 Å². The number of hydrogen-bond donors (Lipinski definition) is 0. The van der Waals surface area contributed by atoms with Crippen molar-refractivity contribution in [2.75, 3.05) is 0 Å². The first-order valence-corrected chi connectivity index (χ1v) is 3.77. The second-order valence-corrected chi connectivity index (χ2v) is 4.44. The highest BCUT2D eigenvalue weighted by atomic mass is 35.6. The lowest BCUT2D eigenvalue weighted by atomic mass is 10.3. The normalized spacial score (nSPS) is 19.3. The van der Waals surface area contributed by atoms with Crippen LogP contribution in [0, 0.1) is 0 Å². The van der Waals surface area contributed by atoms with Crippen molar-refractivity contribution in [2.45, 2.75) is 22.3 Å². The largest absolute Gasteiger partial charge is 0.237 e. The van der Waals surface area contributed by atoms with Crippen LogP contribution in [-0.2, 0) is 0 Å². The summed E-state index contributed by atoms with van der Waals surface area (Å²) in [6, 6.07) is 0. The van der Waals surface area contributed by atoms with Crippen LogP contribution in [0.3, 0.4) is 0 Å². The van der Waals surface area contributed by atoms with E-state index < -0.39 is 8.92 Å². The molecule has 0 aromatic carbocycles. The van der Waals surface area contributed by atoms with E-state index in [2.05, 4.69) is 0 Å². The fraction of sp³-hybridized carbons (Fsp3) is 1.00. The predicted octanol–water partition coefficient (Wildman–Crippen LogP) is 3.67. The van der Waals surface area contributed by atoms with E-state index in [0.29, 0.717) is 0 Å². The Labute approximate surface area is 73.2 Å². The quantitative estimate of drug-likeness (QED) is 0.584. The van der Waals surface area contributed by atoms with Gasteiger partial charge in [-0.1, -0.05) is 53.3 Å². The average molecular weight is 214 g/mol. The lowest BCUT2D eigenvalue weighted by Gasteiger charge is -2.23. The number of rotatable bonds is 1. The number of halogens is 5. The van der Waals surface area contributed by atoms with Gasteiger partial charge >= 0.3 is 0 Å². The average Bonchev–Trinajstić information content (AvgIpc) is 1.64. The molecule has 0 heterocycles. The summed E-state index contributed by atoms with van der Waals surface area (Å²) in [6.45, 7) is 1.49. The maximum absolute atomic E-state index is 12.7. The first-order chi connectivity index (χ1) is 3.81. The molecule has 0 aliphatic heterocycles. The summed E-state index contributed by atoms with van der Waals surface area (Å²) in [5.41, 5.74) is 0. The van der Waals surface area contributed by atoms with Crippen molar-refractivity contribution in [3.05, 3.63) is 0 Å². The Hall–Kier alpha value is 1.09. The van der Waals surface area contributed by atoms with Gasteiger partial charge in [-0.2, -0.15) is 0 Å². The van der Waals surface area contributed by atoms with Crippen LogP contribution in [0.4, 0.5) is 4.39 Å². The van der Waals surface area contributed by atoms with Gasteiger partial charge < -0.3 is 0 Å². The summed E-state index contributed by atoms with van der Waals surface area (Å²) in [4.78, 5) is 0. The molecular formula is C4H5Cl4F. The Balaban J connectivity index is 4.14. The Morgan fingerprint density at radius 2 is 1.56 bits per heavy atom. The monoisotopic (exact) mass is 212 g/mol. The van der Waals surface area contributed by atoms with Crippen LogP contribution in [0.2, 0.25) is 0 Å². The fourth-order valence-corrected chi connectivity index (χ4v) is 0.601. The summed E-state index contributed by atoms with van der Waals surface area (Å²) in [6.07, 6.45) is -0.0367. The minimum atomic E-state index is -2.25. The highest BCUT2D eigenvalue weighted by Gasteiger charge is 2.46. The van der Waals surface area contributed by atoms with Crippen molar-refractivity contribution in [3.8, 4) is 0 Å². The van der Waals surface area contributed by atoms with Crippen LogP contribution in [-0.4, -0.2) is 8.92 Å². The third kappa shape index (κ3) is 2.67. The Morgan fingerprint density at radius 3 is 1.56 bits per heavy atom. The van der Waals surface area contributed by atoms with E-state index in [1.807, 2.05) is 0 Å². The number of hydrogen-bond acceptors (Lipinski definition) is 0. The van der Waals surface area contributed by atoms with Crippen molar-refractivity contribution >= 4 is 46.4 Å². The van der Waals surface area contributed by atoms with Gasteiger partial charge in [-0.05, 0) is 6.42 Å². The van der Waals surface area contributed by atoms with Gasteiger partial charge in [0.1, 0.15) is 0 Å². The van der Waals surface area contributed by atoms with Crippen molar-refractivity contribution in [2.24, 2.45) is 0 Å². The zero-order chi connectivity index (χ0) is 7.71. The summed E-state index contributed by atoms with van der Waals surface area (Å²) in [5.74, 6) is 0. The van der Waals surface area contributed by atoms with E-state index in [4.69, 9.17) is 46.4 Å². The molecule has 1 unspecified atom stereocenters. The van der Waals surface area contributed by atoms with E-state index in [1.54, 1.807) is 0 Å². The minimum absolute atomic E-state index is 0.0367. The first kappa shape index (κ1) is 10.1. The van der Waals surface area contributed by atoms with Crippen molar-refractivity contribution in [3.63, 3.8) is 0 Å². The molecule has 0 nitrogen and oxygen atoms in total. The van der Waals surface area contributed by atoms with Crippen LogP contribution in [0.25, 0.3) is 0 Å². The molecule has 0 rings (SSSR count). The molecule has 0 aromatic heterocycles. The molecule has 5 heteroatoms. The van der Waals surface area contributed by atoms with Gasteiger partial charge in [0.05, 0.1) is 0 Å². The first-order valence-electron chi connectivity index (χ1n) is 2.26. The molecule has 56 valence electrons. The van der Waals surface area contributed by atoms with Crippen LogP contribution < -0.4 is 0 Å². The molecule has 0 saturated carbocycles. The zero-order valence-corrected chi connectivity index (χ0v) is 7.62. The summed E-state index contributed by atoms with van der Waals surface area (Å²) in [7, 11) is 0. The van der Waals surface area contributed by atoms with E-state index in [-0.39, 0.29) is 6.42 Å². The highest BCUT2D eigenvalue weighted by molar-refractivity contribution is 6.70. The third-order valence-corrected chi connectivity index (χ3v) is 2.60. The predicted molar refractivity (Wildman–Crippen MR) is 40.3 cm³/mol. The highest BCUT2D eigenvalue weighted by Crippen LogP contribution is 2.45. The smallest absolute Gasteiger partial charge is 0.222 e. The molecule has 0 N–H and O–H groups in total. The topological polar surface area (TPSA) is 0 Å². The molecule has 0 aliphatic rings. The maximum atomic E-state index is 12.7. The second kappa shape index (κ2) is 3.00. The van der Waals surface area contributed by atoms with E-state index in [9.17, 15) is 4.39 Å². The molecule has 0 spiro atoms. The van der Waals surface area contributed by atoms with Gasteiger partial charge in [-0.15, -0.1) is 0 Å². The minimum Gasteiger partial charge on any atom is -0.222 e. The van der Waals surface area contributed by atoms with E-state index in [0.717, 1.165) is 0 Å². The van der Waals surface area contributed by atoms with Gasteiger partial charge in [0, 0.05) is 0 Å². The molecule has 0 radical (unpaired) electrons. The van der Waals surface area contributed by atoms with Gasteiger partial charge in [0.15, 0.2) is 0 Å². The molecule has 1 atom stereocenters. The zero-order valence-electron chi connectivity index (χ0n) is 4.60. The third-order valence-electron chi connectivity index (χ3n) is 0.859. The molecule has 0 aromatic rings. The van der Waals surface area contributed by atoms with Crippen LogP contribution in [0.1, 0.15) is 13.3 Å². The summed E-state index contributed by atoms with van der Waals surface area (Å²) >= 11 is 20.6. The van der Waals surface area contributed by atoms with Crippen molar-refractivity contribution in [1.29, 1.82) is 0 Å². The molecular weight excluding hydrogens is 209 g/mol. The maximum Gasteiger partial charge on any atom is 0.237 e. The van der Waals surface area contributed by atoms with E-state index >= 15 is 0 Å². The molecule has 0 amide bonds.